The number of ether oxygens (including phenoxy) is 1. The summed E-state index contributed by atoms with van der Waals surface area (Å²) in [7, 11) is 1.32. The highest BCUT2D eigenvalue weighted by Crippen LogP contribution is 2.20. The maximum absolute atomic E-state index is 11.4. The SMILES string of the molecule is COC(=O)c1cccc(-c2ccc(C(=O)O)nc2)c1. The summed E-state index contributed by atoms with van der Waals surface area (Å²) in [5, 5.41) is 8.77. The first-order valence-electron chi connectivity index (χ1n) is 5.50. The van der Waals surface area contributed by atoms with Crippen LogP contribution in [0.4, 0.5) is 0 Å². The van der Waals surface area contributed by atoms with Crippen molar-refractivity contribution < 1.29 is 19.4 Å². The predicted molar refractivity (Wildman–Crippen MR) is 68.0 cm³/mol. The van der Waals surface area contributed by atoms with Crippen molar-refractivity contribution in [3.63, 3.8) is 0 Å². The number of benzene rings is 1. The molecule has 5 nitrogen and oxygen atoms in total. The fraction of sp³-hybridized carbons (Fsp3) is 0.0714. The van der Waals surface area contributed by atoms with Crippen LogP contribution in [0, 0.1) is 0 Å². The summed E-state index contributed by atoms with van der Waals surface area (Å²) in [4.78, 5) is 26.0. The van der Waals surface area contributed by atoms with Crippen LogP contribution in [0.2, 0.25) is 0 Å². The molecule has 0 radical (unpaired) electrons. The largest absolute Gasteiger partial charge is 0.477 e. The van der Waals surface area contributed by atoms with Gasteiger partial charge in [0.1, 0.15) is 5.69 Å². The molecule has 0 aliphatic rings. The first-order chi connectivity index (χ1) is 9.11. The molecule has 1 N–H and O–H groups in total. The lowest BCUT2D eigenvalue weighted by Gasteiger charge is -2.04. The molecule has 0 aliphatic carbocycles. The average molecular weight is 257 g/mol. The van der Waals surface area contributed by atoms with E-state index in [1.807, 2.05) is 6.07 Å². The summed E-state index contributed by atoms with van der Waals surface area (Å²) in [5.74, 6) is -1.49. The Labute approximate surface area is 109 Å². The first kappa shape index (κ1) is 12.8. The van der Waals surface area contributed by atoms with E-state index in [-0.39, 0.29) is 5.69 Å². The van der Waals surface area contributed by atoms with Crippen molar-refractivity contribution in [3.05, 3.63) is 53.9 Å². The van der Waals surface area contributed by atoms with Crippen molar-refractivity contribution in [2.24, 2.45) is 0 Å². The highest BCUT2D eigenvalue weighted by Gasteiger charge is 2.08. The minimum Gasteiger partial charge on any atom is -0.477 e. The molecule has 0 aliphatic heterocycles. The molecule has 0 saturated heterocycles. The van der Waals surface area contributed by atoms with E-state index >= 15 is 0 Å². The number of aromatic carboxylic acids is 1. The molecule has 0 saturated carbocycles. The van der Waals surface area contributed by atoms with Gasteiger partial charge in [0.15, 0.2) is 0 Å². The van der Waals surface area contributed by atoms with Crippen LogP contribution in [0.3, 0.4) is 0 Å². The minimum absolute atomic E-state index is 0.0205. The van der Waals surface area contributed by atoms with E-state index in [0.29, 0.717) is 5.56 Å². The standard InChI is InChI=1S/C14H11NO4/c1-19-14(18)10-4-2-3-9(7-10)11-5-6-12(13(16)17)15-8-11/h2-8H,1H3,(H,16,17). The maximum Gasteiger partial charge on any atom is 0.354 e. The van der Waals surface area contributed by atoms with Crippen LogP contribution in [0.5, 0.6) is 0 Å². The summed E-state index contributed by atoms with van der Waals surface area (Å²) in [6.45, 7) is 0. The van der Waals surface area contributed by atoms with E-state index in [1.165, 1.54) is 19.4 Å². The van der Waals surface area contributed by atoms with E-state index < -0.39 is 11.9 Å². The van der Waals surface area contributed by atoms with Crippen molar-refractivity contribution in [1.82, 2.24) is 4.98 Å². The number of carboxylic acid groups (broad SMARTS) is 1. The lowest BCUT2D eigenvalue weighted by atomic mass is 10.0. The average Bonchev–Trinajstić information content (AvgIpc) is 2.46. The van der Waals surface area contributed by atoms with Gasteiger partial charge < -0.3 is 9.84 Å². The second-order valence-electron chi connectivity index (χ2n) is 3.81. The van der Waals surface area contributed by atoms with Gasteiger partial charge in [-0.2, -0.15) is 0 Å². The number of carboxylic acids is 1. The summed E-state index contributed by atoms with van der Waals surface area (Å²) >= 11 is 0. The van der Waals surface area contributed by atoms with Gasteiger partial charge in [-0.3, -0.25) is 0 Å². The zero-order valence-corrected chi connectivity index (χ0v) is 10.2. The fourth-order valence-corrected chi connectivity index (χ4v) is 1.63. The number of nitrogens with zero attached hydrogens (tertiary/aromatic N) is 1. The van der Waals surface area contributed by atoms with Crippen LogP contribution in [0.25, 0.3) is 11.1 Å². The normalized spacial score (nSPS) is 9.95. The molecule has 96 valence electrons. The number of carbonyl (C=O) groups excluding carboxylic acids is 1. The number of hydrogen-bond acceptors (Lipinski definition) is 4. The molecular weight excluding hydrogens is 246 g/mol. The van der Waals surface area contributed by atoms with Gasteiger partial charge in [0.05, 0.1) is 12.7 Å². The van der Waals surface area contributed by atoms with Crippen LogP contribution in [-0.2, 0) is 4.74 Å². The molecule has 1 aromatic heterocycles. The summed E-state index contributed by atoms with van der Waals surface area (Å²) in [5.41, 5.74) is 1.92. The van der Waals surface area contributed by atoms with Crippen LogP contribution >= 0.6 is 0 Å². The number of esters is 1. The summed E-state index contributed by atoms with van der Waals surface area (Å²) < 4.78 is 4.65. The van der Waals surface area contributed by atoms with Gasteiger partial charge in [-0.15, -0.1) is 0 Å². The molecule has 2 rings (SSSR count). The molecule has 0 fully saturated rings. The zero-order valence-electron chi connectivity index (χ0n) is 10.2. The minimum atomic E-state index is -1.07. The van der Waals surface area contributed by atoms with Crippen LogP contribution < -0.4 is 0 Å². The third kappa shape index (κ3) is 2.77. The van der Waals surface area contributed by atoms with Gasteiger partial charge in [-0.25, -0.2) is 14.6 Å². The van der Waals surface area contributed by atoms with Crippen molar-refractivity contribution in [1.29, 1.82) is 0 Å². The first-order valence-corrected chi connectivity index (χ1v) is 5.50. The quantitative estimate of drug-likeness (QED) is 0.853. The van der Waals surface area contributed by atoms with Gasteiger partial charge in [0.2, 0.25) is 0 Å². The zero-order chi connectivity index (χ0) is 13.8. The van der Waals surface area contributed by atoms with Gasteiger partial charge in [0.25, 0.3) is 0 Å². The highest BCUT2D eigenvalue weighted by atomic mass is 16.5. The Morgan fingerprint density at radius 2 is 1.95 bits per heavy atom. The van der Waals surface area contributed by atoms with E-state index in [9.17, 15) is 9.59 Å². The topological polar surface area (TPSA) is 76.5 Å². The molecule has 0 bridgehead atoms. The fourth-order valence-electron chi connectivity index (χ4n) is 1.63. The molecular formula is C14H11NO4. The van der Waals surface area contributed by atoms with Gasteiger partial charge in [-0.1, -0.05) is 18.2 Å². The molecule has 0 amide bonds. The van der Waals surface area contributed by atoms with Crippen LogP contribution in [0.1, 0.15) is 20.8 Å². The molecule has 5 heteroatoms. The van der Waals surface area contributed by atoms with Crippen molar-refractivity contribution in [2.45, 2.75) is 0 Å². The number of aromatic nitrogens is 1. The Balaban J connectivity index is 2.36. The monoisotopic (exact) mass is 257 g/mol. The lowest BCUT2D eigenvalue weighted by molar-refractivity contribution is 0.0600. The number of rotatable bonds is 3. The highest BCUT2D eigenvalue weighted by molar-refractivity contribution is 5.91. The Morgan fingerprint density at radius 1 is 1.16 bits per heavy atom. The van der Waals surface area contributed by atoms with Crippen molar-refractivity contribution in [2.75, 3.05) is 7.11 Å². The number of carbonyl (C=O) groups is 2. The Hall–Kier alpha value is -2.69. The van der Waals surface area contributed by atoms with Crippen molar-refractivity contribution in [3.8, 4) is 11.1 Å². The molecule has 1 aromatic carbocycles. The smallest absolute Gasteiger partial charge is 0.354 e. The van der Waals surface area contributed by atoms with E-state index in [2.05, 4.69) is 9.72 Å². The van der Waals surface area contributed by atoms with E-state index in [4.69, 9.17) is 5.11 Å². The second-order valence-corrected chi connectivity index (χ2v) is 3.81. The molecule has 1 heterocycles. The summed E-state index contributed by atoms with van der Waals surface area (Å²) in [6, 6.07) is 9.92. The number of methoxy groups -OCH3 is 1. The third-order valence-corrected chi connectivity index (χ3v) is 2.60. The Morgan fingerprint density at radius 3 is 2.53 bits per heavy atom. The van der Waals surface area contributed by atoms with Gasteiger partial charge in [0, 0.05) is 11.8 Å². The lowest BCUT2D eigenvalue weighted by Crippen LogP contribution is -2.01. The molecule has 19 heavy (non-hydrogen) atoms. The third-order valence-electron chi connectivity index (χ3n) is 2.60. The Bertz CT molecular complexity index is 620. The summed E-state index contributed by atoms with van der Waals surface area (Å²) in [6.07, 6.45) is 1.46. The number of hydrogen-bond donors (Lipinski definition) is 1. The van der Waals surface area contributed by atoms with Crippen molar-refractivity contribution >= 4 is 11.9 Å². The van der Waals surface area contributed by atoms with Gasteiger partial charge in [-0.05, 0) is 23.8 Å². The predicted octanol–water partition coefficient (Wildman–Crippen LogP) is 2.23. The van der Waals surface area contributed by atoms with Crippen LogP contribution in [0.15, 0.2) is 42.6 Å². The van der Waals surface area contributed by atoms with E-state index in [0.717, 1.165) is 11.1 Å². The molecule has 0 spiro atoms. The van der Waals surface area contributed by atoms with Gasteiger partial charge >= 0.3 is 11.9 Å². The number of pyridine rings is 1. The second kappa shape index (κ2) is 5.30. The molecule has 2 aromatic rings. The molecule has 0 atom stereocenters. The maximum atomic E-state index is 11.4. The van der Waals surface area contributed by atoms with E-state index in [1.54, 1.807) is 24.3 Å². The Kier molecular flexibility index (Phi) is 3.56. The molecule has 0 unspecified atom stereocenters. The van der Waals surface area contributed by atoms with Crippen LogP contribution in [-0.4, -0.2) is 29.1 Å².